The zero-order valence-electron chi connectivity index (χ0n) is 8.27. The first kappa shape index (κ1) is 10.5. The van der Waals surface area contributed by atoms with E-state index in [2.05, 4.69) is 11.9 Å². The van der Waals surface area contributed by atoms with E-state index in [1.54, 1.807) is 0 Å². The molecule has 0 N–H and O–H groups in total. The van der Waals surface area contributed by atoms with Gasteiger partial charge in [0.1, 0.15) is 5.60 Å². The molecule has 0 atom stereocenters. The van der Waals surface area contributed by atoms with E-state index in [0.717, 1.165) is 18.9 Å². The van der Waals surface area contributed by atoms with Crippen LogP contribution in [0.1, 0.15) is 41.0 Å². The van der Waals surface area contributed by atoms with Gasteiger partial charge in [0.05, 0.1) is 0 Å². The summed E-state index contributed by atoms with van der Waals surface area (Å²) >= 11 is 0. The third-order valence-corrected chi connectivity index (χ3v) is 1.01. The Morgan fingerprint density at radius 2 is 1.91 bits per heavy atom. The molecule has 0 aromatic rings. The lowest BCUT2D eigenvalue weighted by Gasteiger charge is -2.20. The Morgan fingerprint density at radius 3 is 2.27 bits per heavy atom. The first-order chi connectivity index (χ1) is 4.95. The second-order valence-electron chi connectivity index (χ2n) is 3.62. The van der Waals surface area contributed by atoms with E-state index in [1.807, 2.05) is 27.7 Å². The van der Waals surface area contributed by atoms with Gasteiger partial charge < -0.3 is 4.74 Å². The fourth-order valence-electron chi connectivity index (χ4n) is 0.745. The Balaban J connectivity index is 3.76. The van der Waals surface area contributed by atoms with Crippen LogP contribution in [0, 0.1) is 0 Å². The van der Waals surface area contributed by atoms with Gasteiger partial charge in [-0.1, -0.05) is 6.92 Å². The molecular formula is C9H19NO. The largest absolute Gasteiger partial charge is 0.476 e. The summed E-state index contributed by atoms with van der Waals surface area (Å²) in [5, 5.41) is 0. The van der Waals surface area contributed by atoms with Gasteiger partial charge in [0, 0.05) is 13.5 Å². The highest BCUT2D eigenvalue weighted by Gasteiger charge is 2.11. The van der Waals surface area contributed by atoms with Crippen LogP contribution in [0.4, 0.5) is 0 Å². The highest BCUT2D eigenvalue weighted by molar-refractivity contribution is 5.73. The van der Waals surface area contributed by atoms with Crippen LogP contribution in [-0.2, 0) is 4.74 Å². The van der Waals surface area contributed by atoms with Crippen molar-refractivity contribution in [3.63, 3.8) is 0 Å². The molecule has 2 nitrogen and oxygen atoms in total. The number of ether oxygens (including phenoxy) is 1. The molecule has 66 valence electrons. The molecule has 0 saturated carbocycles. The minimum absolute atomic E-state index is 0.110. The summed E-state index contributed by atoms with van der Waals surface area (Å²) in [5.41, 5.74) is -0.110. The molecule has 2 heteroatoms. The van der Waals surface area contributed by atoms with Crippen molar-refractivity contribution in [2.45, 2.75) is 46.6 Å². The first-order valence-electron chi connectivity index (χ1n) is 4.16. The molecular weight excluding hydrogens is 138 g/mol. The molecule has 0 fully saturated rings. The van der Waals surface area contributed by atoms with Gasteiger partial charge in [0.15, 0.2) is 5.90 Å². The van der Waals surface area contributed by atoms with Crippen LogP contribution in [0.2, 0.25) is 0 Å². The summed E-state index contributed by atoms with van der Waals surface area (Å²) in [6.45, 7) is 10.9. The summed E-state index contributed by atoms with van der Waals surface area (Å²) in [6.07, 6.45) is 1.07. The Kier molecular flexibility index (Phi) is 4.16. The van der Waals surface area contributed by atoms with Gasteiger partial charge in [-0.05, 0) is 27.2 Å². The molecule has 0 aliphatic carbocycles. The molecule has 0 unspecified atom stereocenters. The zero-order valence-corrected chi connectivity index (χ0v) is 8.27. The molecule has 0 radical (unpaired) electrons. The van der Waals surface area contributed by atoms with Crippen molar-refractivity contribution >= 4 is 5.90 Å². The fourth-order valence-corrected chi connectivity index (χ4v) is 0.745. The van der Waals surface area contributed by atoms with Crippen LogP contribution >= 0.6 is 0 Å². The van der Waals surface area contributed by atoms with Gasteiger partial charge in [-0.25, -0.2) is 0 Å². The van der Waals surface area contributed by atoms with E-state index in [4.69, 9.17) is 4.74 Å². The highest BCUT2D eigenvalue weighted by atomic mass is 16.5. The fraction of sp³-hybridized carbons (Fsp3) is 0.889. The van der Waals surface area contributed by atoms with Crippen molar-refractivity contribution in [3.8, 4) is 0 Å². The lowest BCUT2D eigenvalue weighted by atomic mass is 10.2. The van der Waals surface area contributed by atoms with Crippen LogP contribution < -0.4 is 0 Å². The van der Waals surface area contributed by atoms with E-state index in [-0.39, 0.29) is 5.60 Å². The van der Waals surface area contributed by atoms with E-state index in [0.29, 0.717) is 0 Å². The van der Waals surface area contributed by atoms with Crippen molar-refractivity contribution in [1.29, 1.82) is 0 Å². The normalized spacial score (nSPS) is 13.4. The van der Waals surface area contributed by atoms with Crippen molar-refractivity contribution in [2.24, 2.45) is 4.99 Å². The predicted octanol–water partition coefficient (Wildman–Crippen LogP) is 2.63. The smallest absolute Gasteiger partial charge is 0.180 e. The maximum Gasteiger partial charge on any atom is 0.180 e. The van der Waals surface area contributed by atoms with Gasteiger partial charge in [-0.2, -0.15) is 0 Å². The summed E-state index contributed by atoms with van der Waals surface area (Å²) in [6, 6.07) is 0. The van der Waals surface area contributed by atoms with E-state index < -0.39 is 0 Å². The van der Waals surface area contributed by atoms with Crippen molar-refractivity contribution in [2.75, 3.05) is 6.54 Å². The van der Waals surface area contributed by atoms with Gasteiger partial charge in [0.25, 0.3) is 0 Å². The molecule has 0 heterocycles. The van der Waals surface area contributed by atoms with Crippen molar-refractivity contribution in [3.05, 3.63) is 0 Å². The quantitative estimate of drug-likeness (QED) is 0.446. The van der Waals surface area contributed by atoms with Crippen LogP contribution in [0.3, 0.4) is 0 Å². The lowest BCUT2D eigenvalue weighted by Crippen LogP contribution is -2.22. The van der Waals surface area contributed by atoms with E-state index >= 15 is 0 Å². The molecule has 0 aliphatic heterocycles. The molecule has 0 aliphatic rings. The van der Waals surface area contributed by atoms with Crippen LogP contribution in [0.5, 0.6) is 0 Å². The van der Waals surface area contributed by atoms with E-state index in [9.17, 15) is 0 Å². The Bertz CT molecular complexity index is 133. The zero-order chi connectivity index (χ0) is 8.91. The maximum absolute atomic E-state index is 5.49. The van der Waals surface area contributed by atoms with Gasteiger partial charge in [0.2, 0.25) is 0 Å². The second-order valence-corrected chi connectivity index (χ2v) is 3.62. The SMILES string of the molecule is CCCN=C(C)OC(C)(C)C. The average Bonchev–Trinajstić information content (AvgIpc) is 1.79. The Labute approximate surface area is 69.7 Å². The van der Waals surface area contributed by atoms with Crippen LogP contribution in [0.15, 0.2) is 4.99 Å². The molecule has 0 bridgehead atoms. The van der Waals surface area contributed by atoms with Gasteiger partial charge >= 0.3 is 0 Å². The summed E-state index contributed by atoms with van der Waals surface area (Å²) < 4.78 is 5.49. The van der Waals surface area contributed by atoms with Gasteiger partial charge in [-0.3, -0.25) is 4.99 Å². The number of hydrogen-bond donors (Lipinski definition) is 0. The molecule has 0 saturated heterocycles. The number of nitrogens with zero attached hydrogens (tertiary/aromatic N) is 1. The summed E-state index contributed by atoms with van der Waals surface area (Å²) in [4.78, 5) is 4.22. The number of aliphatic imine (C=N–C) groups is 1. The summed E-state index contributed by atoms with van der Waals surface area (Å²) in [7, 11) is 0. The second kappa shape index (κ2) is 4.37. The molecule has 0 aromatic carbocycles. The summed E-state index contributed by atoms with van der Waals surface area (Å²) in [5.74, 6) is 0.791. The monoisotopic (exact) mass is 157 g/mol. The maximum atomic E-state index is 5.49. The Morgan fingerprint density at radius 1 is 1.36 bits per heavy atom. The number of rotatable bonds is 2. The molecule has 0 amide bonds. The van der Waals surface area contributed by atoms with Crippen molar-refractivity contribution in [1.82, 2.24) is 0 Å². The van der Waals surface area contributed by atoms with Crippen molar-refractivity contribution < 1.29 is 4.74 Å². The van der Waals surface area contributed by atoms with Crippen LogP contribution in [-0.4, -0.2) is 18.0 Å². The van der Waals surface area contributed by atoms with Gasteiger partial charge in [-0.15, -0.1) is 0 Å². The molecule has 0 spiro atoms. The minimum atomic E-state index is -0.110. The minimum Gasteiger partial charge on any atom is -0.476 e. The van der Waals surface area contributed by atoms with Crippen LogP contribution in [0.25, 0.3) is 0 Å². The topological polar surface area (TPSA) is 21.6 Å². The molecule has 0 aromatic heterocycles. The first-order valence-corrected chi connectivity index (χ1v) is 4.16. The predicted molar refractivity (Wildman–Crippen MR) is 49.1 cm³/mol. The average molecular weight is 157 g/mol. The molecule has 0 rings (SSSR count). The van der Waals surface area contributed by atoms with E-state index in [1.165, 1.54) is 0 Å². The third kappa shape index (κ3) is 7.37. The Hall–Kier alpha value is -0.530. The third-order valence-electron chi connectivity index (χ3n) is 1.01. The standard InChI is InChI=1S/C9H19NO/c1-6-7-10-8(2)11-9(3,4)5/h6-7H2,1-5H3. The lowest BCUT2D eigenvalue weighted by molar-refractivity contribution is 0.115. The highest BCUT2D eigenvalue weighted by Crippen LogP contribution is 2.07. The molecule has 11 heavy (non-hydrogen) atoms. The number of hydrogen-bond acceptors (Lipinski definition) is 2.